The van der Waals surface area contributed by atoms with Crippen molar-refractivity contribution in [2.75, 3.05) is 19.7 Å². The zero-order chi connectivity index (χ0) is 19.3. The first-order chi connectivity index (χ1) is 13.7. The molecule has 0 saturated carbocycles. The first kappa shape index (κ1) is 18.7. The van der Waals surface area contributed by atoms with Gasteiger partial charge in [0.2, 0.25) is 0 Å². The Morgan fingerprint density at radius 3 is 2.57 bits per heavy atom. The lowest BCUT2D eigenvalue weighted by atomic mass is 10.0. The van der Waals surface area contributed by atoms with Crippen LogP contribution in [0.25, 0.3) is 0 Å². The molecule has 2 aliphatic heterocycles. The summed E-state index contributed by atoms with van der Waals surface area (Å²) in [5, 5.41) is 6.22. The first-order valence-electron chi connectivity index (χ1n) is 9.93. The molecule has 5 nitrogen and oxygen atoms in total. The van der Waals surface area contributed by atoms with Gasteiger partial charge in [-0.2, -0.15) is 0 Å². The predicted molar refractivity (Wildman–Crippen MR) is 106 cm³/mol. The molecule has 28 heavy (non-hydrogen) atoms. The van der Waals surface area contributed by atoms with E-state index in [2.05, 4.69) is 15.5 Å². The summed E-state index contributed by atoms with van der Waals surface area (Å²) in [6, 6.07) is 14.6. The number of hydrogen-bond acceptors (Lipinski definition) is 3. The predicted octanol–water partition coefficient (Wildman–Crippen LogP) is 3.61. The Morgan fingerprint density at radius 1 is 1.04 bits per heavy atom. The SMILES string of the molecule is O=C(NC1CCN(Cc2ccc(F)cc2)CC1)N[C@@H]1CCOc2ccccc21. The third kappa shape index (κ3) is 4.62. The van der Waals surface area contributed by atoms with E-state index in [0.717, 1.165) is 55.8 Å². The maximum atomic E-state index is 13.0. The third-order valence-corrected chi connectivity index (χ3v) is 5.51. The van der Waals surface area contributed by atoms with Crippen LogP contribution in [0.15, 0.2) is 48.5 Å². The van der Waals surface area contributed by atoms with Crippen LogP contribution in [0, 0.1) is 5.82 Å². The highest BCUT2D eigenvalue weighted by Crippen LogP contribution is 2.31. The summed E-state index contributed by atoms with van der Waals surface area (Å²) in [7, 11) is 0. The molecule has 0 unspecified atom stereocenters. The van der Waals surface area contributed by atoms with E-state index >= 15 is 0 Å². The Hall–Kier alpha value is -2.60. The highest BCUT2D eigenvalue weighted by Gasteiger charge is 2.25. The van der Waals surface area contributed by atoms with Crippen LogP contribution in [0.4, 0.5) is 9.18 Å². The maximum Gasteiger partial charge on any atom is 0.315 e. The summed E-state index contributed by atoms with van der Waals surface area (Å²) in [5.74, 6) is 0.651. The number of carbonyl (C=O) groups is 1. The number of hydrogen-bond donors (Lipinski definition) is 2. The quantitative estimate of drug-likeness (QED) is 0.848. The summed E-state index contributed by atoms with van der Waals surface area (Å²) in [6.07, 6.45) is 2.61. The van der Waals surface area contributed by atoms with E-state index in [1.807, 2.05) is 36.4 Å². The average Bonchev–Trinajstić information content (AvgIpc) is 2.71. The van der Waals surface area contributed by atoms with Crippen molar-refractivity contribution >= 4 is 6.03 Å². The molecule has 2 N–H and O–H groups in total. The summed E-state index contributed by atoms with van der Waals surface area (Å²) in [5.41, 5.74) is 2.15. The van der Waals surface area contributed by atoms with Crippen LogP contribution in [-0.2, 0) is 6.54 Å². The van der Waals surface area contributed by atoms with Crippen molar-refractivity contribution in [2.24, 2.45) is 0 Å². The lowest BCUT2D eigenvalue weighted by molar-refractivity contribution is 0.183. The largest absolute Gasteiger partial charge is 0.493 e. The van der Waals surface area contributed by atoms with Gasteiger partial charge < -0.3 is 15.4 Å². The monoisotopic (exact) mass is 383 g/mol. The summed E-state index contributed by atoms with van der Waals surface area (Å²) < 4.78 is 18.7. The van der Waals surface area contributed by atoms with Gasteiger partial charge in [-0.25, -0.2) is 9.18 Å². The van der Waals surface area contributed by atoms with Gasteiger partial charge in [0.15, 0.2) is 0 Å². The van der Waals surface area contributed by atoms with Crippen molar-refractivity contribution in [3.8, 4) is 5.75 Å². The number of urea groups is 1. The molecule has 4 rings (SSSR count). The number of fused-ring (bicyclic) bond motifs is 1. The Labute approximate surface area is 164 Å². The lowest BCUT2D eigenvalue weighted by Crippen LogP contribution is -2.48. The Kier molecular flexibility index (Phi) is 5.76. The van der Waals surface area contributed by atoms with Crippen molar-refractivity contribution in [3.63, 3.8) is 0 Å². The number of rotatable bonds is 4. The minimum absolute atomic E-state index is 0.0106. The molecule has 1 atom stereocenters. The van der Waals surface area contributed by atoms with E-state index in [0.29, 0.717) is 6.61 Å². The number of nitrogens with zero attached hydrogens (tertiary/aromatic N) is 1. The summed E-state index contributed by atoms with van der Waals surface area (Å²) in [4.78, 5) is 14.8. The molecule has 1 fully saturated rings. The highest BCUT2D eigenvalue weighted by molar-refractivity contribution is 5.75. The van der Waals surface area contributed by atoms with E-state index in [9.17, 15) is 9.18 Å². The number of piperidine rings is 1. The van der Waals surface area contributed by atoms with Gasteiger partial charge >= 0.3 is 6.03 Å². The molecule has 6 heteroatoms. The second-order valence-electron chi connectivity index (χ2n) is 7.52. The standard InChI is InChI=1S/C22H26FN3O2/c23-17-7-5-16(6-8-17)15-26-12-9-18(10-13-26)24-22(27)25-20-11-14-28-21-4-2-1-3-19(20)21/h1-8,18,20H,9-15H2,(H2,24,25,27)/t20-/m1/s1. The van der Waals surface area contributed by atoms with Crippen LogP contribution >= 0.6 is 0 Å². The average molecular weight is 383 g/mol. The number of carbonyl (C=O) groups excluding carboxylic acids is 1. The number of para-hydroxylation sites is 1. The van der Waals surface area contributed by atoms with Gasteiger partial charge in [-0.1, -0.05) is 30.3 Å². The number of amides is 2. The molecule has 2 aromatic carbocycles. The molecular formula is C22H26FN3O2. The summed E-state index contributed by atoms with van der Waals surface area (Å²) >= 11 is 0. The zero-order valence-corrected chi connectivity index (χ0v) is 15.9. The number of benzene rings is 2. The molecule has 2 aliphatic rings. The van der Waals surface area contributed by atoms with Crippen molar-refractivity contribution in [1.82, 2.24) is 15.5 Å². The Morgan fingerprint density at radius 2 is 1.79 bits per heavy atom. The molecular weight excluding hydrogens is 357 g/mol. The van der Waals surface area contributed by atoms with Gasteiger partial charge in [0.05, 0.1) is 12.6 Å². The topological polar surface area (TPSA) is 53.6 Å². The van der Waals surface area contributed by atoms with E-state index in [1.54, 1.807) is 0 Å². The Bertz CT molecular complexity index is 804. The molecule has 0 bridgehead atoms. The van der Waals surface area contributed by atoms with Crippen LogP contribution in [0.3, 0.4) is 0 Å². The van der Waals surface area contributed by atoms with E-state index in [4.69, 9.17) is 4.74 Å². The third-order valence-electron chi connectivity index (χ3n) is 5.51. The lowest BCUT2D eigenvalue weighted by Gasteiger charge is -2.33. The fourth-order valence-corrected chi connectivity index (χ4v) is 3.96. The summed E-state index contributed by atoms with van der Waals surface area (Å²) in [6.45, 7) is 3.27. The second kappa shape index (κ2) is 8.61. The van der Waals surface area contributed by atoms with Crippen molar-refractivity contribution in [2.45, 2.75) is 37.9 Å². The molecule has 0 aliphatic carbocycles. The Balaban J connectivity index is 1.24. The number of halogens is 1. The van der Waals surface area contributed by atoms with E-state index < -0.39 is 0 Å². The van der Waals surface area contributed by atoms with Crippen molar-refractivity contribution < 1.29 is 13.9 Å². The molecule has 1 saturated heterocycles. The van der Waals surface area contributed by atoms with Gasteiger partial charge in [-0.05, 0) is 36.6 Å². The van der Waals surface area contributed by atoms with Crippen LogP contribution < -0.4 is 15.4 Å². The van der Waals surface area contributed by atoms with E-state index in [-0.39, 0.29) is 23.9 Å². The molecule has 2 heterocycles. The van der Waals surface area contributed by atoms with Gasteiger partial charge in [-0.3, -0.25) is 4.90 Å². The van der Waals surface area contributed by atoms with Crippen LogP contribution in [0.2, 0.25) is 0 Å². The minimum atomic E-state index is -0.204. The van der Waals surface area contributed by atoms with Gasteiger partial charge in [0.25, 0.3) is 0 Å². The molecule has 2 amide bonds. The number of likely N-dealkylation sites (tertiary alicyclic amines) is 1. The minimum Gasteiger partial charge on any atom is -0.493 e. The van der Waals surface area contributed by atoms with Gasteiger partial charge in [0, 0.05) is 37.7 Å². The number of nitrogens with one attached hydrogen (secondary N) is 2. The van der Waals surface area contributed by atoms with Crippen LogP contribution in [0.5, 0.6) is 5.75 Å². The van der Waals surface area contributed by atoms with Crippen LogP contribution in [0.1, 0.15) is 36.4 Å². The molecule has 148 valence electrons. The first-order valence-corrected chi connectivity index (χ1v) is 9.93. The van der Waals surface area contributed by atoms with Crippen LogP contribution in [-0.4, -0.2) is 36.7 Å². The molecule has 0 radical (unpaired) electrons. The molecule has 0 spiro atoms. The van der Waals surface area contributed by atoms with Crippen molar-refractivity contribution in [3.05, 3.63) is 65.5 Å². The van der Waals surface area contributed by atoms with Gasteiger partial charge in [0.1, 0.15) is 11.6 Å². The second-order valence-corrected chi connectivity index (χ2v) is 7.52. The highest BCUT2D eigenvalue weighted by atomic mass is 19.1. The van der Waals surface area contributed by atoms with Crippen molar-refractivity contribution in [1.29, 1.82) is 0 Å². The maximum absolute atomic E-state index is 13.0. The fraction of sp³-hybridized carbons (Fsp3) is 0.409. The zero-order valence-electron chi connectivity index (χ0n) is 15.9. The molecule has 2 aromatic rings. The number of ether oxygens (including phenoxy) is 1. The fourth-order valence-electron chi connectivity index (χ4n) is 3.96. The smallest absolute Gasteiger partial charge is 0.315 e. The molecule has 0 aromatic heterocycles. The van der Waals surface area contributed by atoms with E-state index in [1.165, 1.54) is 12.1 Å². The van der Waals surface area contributed by atoms with Gasteiger partial charge in [-0.15, -0.1) is 0 Å². The normalized spacial score (nSPS) is 20.1.